The number of nitrogens with one attached hydrogen (secondary N) is 2. The Morgan fingerprint density at radius 3 is 3.00 bits per heavy atom. The highest BCUT2D eigenvalue weighted by molar-refractivity contribution is 5.82. The maximum Gasteiger partial charge on any atom is 0.239 e. The van der Waals surface area contributed by atoms with Gasteiger partial charge in [-0.1, -0.05) is 6.07 Å². The highest BCUT2D eigenvalue weighted by Crippen LogP contribution is 2.37. The summed E-state index contributed by atoms with van der Waals surface area (Å²) in [6, 6.07) is 7.69. The summed E-state index contributed by atoms with van der Waals surface area (Å²) in [5.74, 6) is 0.963. The zero-order chi connectivity index (χ0) is 19.6. The molecule has 1 atom stereocenters. The van der Waals surface area contributed by atoms with Gasteiger partial charge in [-0.05, 0) is 49.9 Å². The minimum Gasteiger partial charge on any atom is -0.497 e. The number of aromatic nitrogens is 2. The van der Waals surface area contributed by atoms with Crippen LogP contribution >= 0.6 is 0 Å². The minimum atomic E-state index is -0.0727. The molecule has 28 heavy (non-hydrogen) atoms. The number of hydrogen-bond donors (Lipinski definition) is 2. The number of carbonyl (C=O) groups is 1. The molecular weight excluding hydrogens is 354 g/mol. The molecule has 2 N–H and O–H groups in total. The van der Waals surface area contributed by atoms with Gasteiger partial charge in [-0.25, -0.2) is 4.68 Å². The maximum absolute atomic E-state index is 12.9. The summed E-state index contributed by atoms with van der Waals surface area (Å²) in [5.41, 5.74) is 2.24. The molecule has 0 aliphatic carbocycles. The molecule has 1 aromatic heterocycles. The molecule has 2 aromatic rings. The Hall–Kier alpha value is -2.38. The van der Waals surface area contributed by atoms with Gasteiger partial charge in [0.15, 0.2) is 0 Å². The monoisotopic (exact) mass is 383 g/mol. The third-order valence-electron chi connectivity index (χ3n) is 6.07. The van der Waals surface area contributed by atoms with E-state index < -0.39 is 0 Å². The van der Waals surface area contributed by atoms with E-state index in [9.17, 15) is 4.79 Å². The normalized spacial score (nSPS) is 21.0. The Kier molecular flexibility index (Phi) is 5.37. The number of ether oxygens (including phenoxy) is 1. The van der Waals surface area contributed by atoms with Gasteiger partial charge in [-0.2, -0.15) is 5.10 Å². The lowest BCUT2D eigenvalue weighted by molar-refractivity contribution is -0.132. The van der Waals surface area contributed by atoms with Crippen molar-refractivity contribution in [3.63, 3.8) is 0 Å². The first-order chi connectivity index (χ1) is 13.6. The maximum atomic E-state index is 12.9. The van der Waals surface area contributed by atoms with E-state index in [0.717, 1.165) is 55.9 Å². The van der Waals surface area contributed by atoms with E-state index in [1.165, 1.54) is 0 Å². The van der Waals surface area contributed by atoms with E-state index in [4.69, 9.17) is 4.74 Å². The van der Waals surface area contributed by atoms with Crippen molar-refractivity contribution in [3.05, 3.63) is 42.2 Å². The second-order valence-electron chi connectivity index (χ2n) is 8.08. The fourth-order valence-corrected chi connectivity index (χ4v) is 4.38. The molecule has 1 amide bonds. The van der Waals surface area contributed by atoms with Crippen molar-refractivity contribution in [2.24, 2.45) is 5.41 Å². The average molecular weight is 383 g/mol. The smallest absolute Gasteiger partial charge is 0.239 e. The van der Waals surface area contributed by atoms with Crippen LogP contribution in [0.5, 0.6) is 5.75 Å². The van der Waals surface area contributed by atoms with Crippen LogP contribution in [0.1, 0.15) is 24.8 Å². The number of amides is 1. The van der Waals surface area contributed by atoms with Gasteiger partial charge in [0, 0.05) is 38.0 Å². The summed E-state index contributed by atoms with van der Waals surface area (Å²) in [6.07, 6.45) is 7.04. The van der Waals surface area contributed by atoms with E-state index in [0.29, 0.717) is 12.0 Å². The summed E-state index contributed by atoms with van der Waals surface area (Å²) in [6.45, 7) is 3.62. The van der Waals surface area contributed by atoms with Crippen molar-refractivity contribution in [3.8, 4) is 11.4 Å². The van der Waals surface area contributed by atoms with Gasteiger partial charge >= 0.3 is 0 Å². The highest BCUT2D eigenvalue weighted by atomic mass is 16.5. The van der Waals surface area contributed by atoms with Gasteiger partial charge in [-0.3, -0.25) is 4.79 Å². The highest BCUT2D eigenvalue weighted by Gasteiger charge is 2.42. The van der Waals surface area contributed by atoms with Crippen molar-refractivity contribution < 1.29 is 9.53 Å². The standard InChI is InChI=1S/C21H29N5O2/c1-25(20(27)19-11-21(15-23-19)6-8-22-9-7-21)13-16-12-24-26(14-16)17-4-3-5-18(10-17)28-2/h3-5,10,12,14,19,22-23H,6-9,11,13,15H2,1-2H3/t19-/m1/s1. The van der Waals surface area contributed by atoms with Gasteiger partial charge in [0.2, 0.25) is 5.91 Å². The van der Waals surface area contributed by atoms with Crippen molar-refractivity contribution in [1.29, 1.82) is 0 Å². The molecule has 1 aromatic carbocycles. The molecule has 0 bridgehead atoms. The largest absolute Gasteiger partial charge is 0.497 e. The Bertz CT molecular complexity index is 828. The Morgan fingerprint density at radius 1 is 1.39 bits per heavy atom. The zero-order valence-electron chi connectivity index (χ0n) is 16.6. The van der Waals surface area contributed by atoms with Crippen LogP contribution < -0.4 is 15.4 Å². The number of likely N-dealkylation sites (N-methyl/N-ethyl adjacent to an activating group) is 1. The molecule has 0 saturated carbocycles. The number of rotatable bonds is 5. The van der Waals surface area contributed by atoms with Crippen LogP contribution in [0.25, 0.3) is 5.69 Å². The Labute approximate surface area is 166 Å². The predicted octanol–water partition coefficient (Wildman–Crippen LogP) is 1.57. The molecule has 7 heteroatoms. The van der Waals surface area contributed by atoms with E-state index >= 15 is 0 Å². The predicted molar refractivity (Wildman–Crippen MR) is 108 cm³/mol. The van der Waals surface area contributed by atoms with Crippen LogP contribution in [-0.2, 0) is 11.3 Å². The summed E-state index contributed by atoms with van der Waals surface area (Å²) < 4.78 is 7.09. The second kappa shape index (κ2) is 7.93. The topological polar surface area (TPSA) is 71.4 Å². The molecule has 2 aliphatic heterocycles. The SMILES string of the molecule is COc1cccc(-n2cc(CN(C)C(=O)[C@H]3CC4(CCNCC4)CN3)cn2)c1. The molecule has 3 heterocycles. The van der Waals surface area contributed by atoms with E-state index in [1.54, 1.807) is 7.11 Å². The number of nitrogens with zero attached hydrogens (tertiary/aromatic N) is 3. The van der Waals surface area contributed by atoms with E-state index in [-0.39, 0.29) is 11.9 Å². The Morgan fingerprint density at radius 2 is 2.21 bits per heavy atom. The molecule has 4 rings (SSSR count). The number of piperidine rings is 1. The van der Waals surface area contributed by atoms with E-state index in [1.807, 2.05) is 53.3 Å². The van der Waals surface area contributed by atoms with Crippen LogP contribution in [0.15, 0.2) is 36.7 Å². The number of carbonyl (C=O) groups excluding carboxylic acids is 1. The van der Waals surface area contributed by atoms with Gasteiger partial charge in [0.05, 0.1) is 25.0 Å². The van der Waals surface area contributed by atoms with Gasteiger partial charge in [0.1, 0.15) is 5.75 Å². The number of hydrogen-bond acceptors (Lipinski definition) is 5. The average Bonchev–Trinajstić information content (AvgIpc) is 3.36. The lowest BCUT2D eigenvalue weighted by Crippen LogP contribution is -2.41. The molecule has 0 radical (unpaired) electrons. The summed E-state index contributed by atoms with van der Waals surface area (Å²) in [5, 5.41) is 11.3. The first-order valence-electron chi connectivity index (χ1n) is 9.96. The van der Waals surface area contributed by atoms with Crippen molar-refractivity contribution in [2.75, 3.05) is 33.8 Å². The zero-order valence-corrected chi connectivity index (χ0v) is 16.6. The molecule has 2 fully saturated rings. The van der Waals surface area contributed by atoms with Crippen molar-refractivity contribution >= 4 is 5.91 Å². The second-order valence-corrected chi connectivity index (χ2v) is 8.08. The third-order valence-corrected chi connectivity index (χ3v) is 6.07. The first kappa shape index (κ1) is 19.0. The first-order valence-corrected chi connectivity index (χ1v) is 9.96. The van der Waals surface area contributed by atoms with Crippen LogP contribution in [0, 0.1) is 5.41 Å². The van der Waals surface area contributed by atoms with Crippen LogP contribution in [0.2, 0.25) is 0 Å². The summed E-state index contributed by atoms with van der Waals surface area (Å²) in [7, 11) is 3.53. The molecule has 2 saturated heterocycles. The van der Waals surface area contributed by atoms with Crippen molar-refractivity contribution in [2.45, 2.75) is 31.8 Å². The van der Waals surface area contributed by atoms with E-state index in [2.05, 4.69) is 15.7 Å². The quantitative estimate of drug-likeness (QED) is 0.820. The summed E-state index contributed by atoms with van der Waals surface area (Å²) in [4.78, 5) is 14.8. The number of methoxy groups -OCH3 is 1. The molecule has 150 valence electrons. The fourth-order valence-electron chi connectivity index (χ4n) is 4.38. The van der Waals surface area contributed by atoms with Gasteiger partial charge in [0.25, 0.3) is 0 Å². The molecule has 1 spiro atoms. The third kappa shape index (κ3) is 3.91. The lowest BCUT2D eigenvalue weighted by Gasteiger charge is -2.33. The lowest BCUT2D eigenvalue weighted by atomic mass is 9.77. The Balaban J connectivity index is 1.38. The fraction of sp³-hybridized carbons (Fsp3) is 0.524. The van der Waals surface area contributed by atoms with Gasteiger partial charge < -0.3 is 20.3 Å². The summed E-state index contributed by atoms with van der Waals surface area (Å²) >= 11 is 0. The van der Waals surface area contributed by atoms with Crippen LogP contribution in [0.3, 0.4) is 0 Å². The van der Waals surface area contributed by atoms with Crippen LogP contribution in [-0.4, -0.2) is 60.4 Å². The van der Waals surface area contributed by atoms with Crippen molar-refractivity contribution in [1.82, 2.24) is 25.3 Å². The minimum absolute atomic E-state index is 0.0727. The molecular formula is C21H29N5O2. The molecule has 2 aliphatic rings. The van der Waals surface area contributed by atoms with Gasteiger partial charge in [-0.15, -0.1) is 0 Å². The van der Waals surface area contributed by atoms with Crippen LogP contribution in [0.4, 0.5) is 0 Å². The number of benzene rings is 1. The molecule has 0 unspecified atom stereocenters. The molecule has 7 nitrogen and oxygen atoms in total.